The maximum atomic E-state index is 11.0. The van der Waals surface area contributed by atoms with Gasteiger partial charge < -0.3 is 14.6 Å². The van der Waals surface area contributed by atoms with Crippen LogP contribution in [0.4, 0.5) is 0 Å². The van der Waals surface area contributed by atoms with E-state index in [9.17, 15) is 5.11 Å². The van der Waals surface area contributed by atoms with E-state index in [1.54, 1.807) is 6.07 Å². The minimum atomic E-state index is -0.458. The van der Waals surface area contributed by atoms with Crippen molar-refractivity contribution in [2.24, 2.45) is 0 Å². The van der Waals surface area contributed by atoms with Crippen LogP contribution >= 0.6 is 0 Å². The average molecular weight is 531 g/mol. The molecule has 0 aliphatic carbocycles. The highest BCUT2D eigenvalue weighted by Gasteiger charge is 2.30. The number of phenolic OH excluding ortho intramolecular Hbond substituents is 1. The van der Waals surface area contributed by atoms with Crippen LogP contribution in [0.1, 0.15) is 115 Å². The van der Waals surface area contributed by atoms with Gasteiger partial charge in [-0.2, -0.15) is 0 Å². The van der Waals surface area contributed by atoms with Crippen molar-refractivity contribution >= 4 is 0 Å². The van der Waals surface area contributed by atoms with Crippen LogP contribution in [0.2, 0.25) is 0 Å². The fraction of sp³-hybridized carbons (Fsp3) is 0.500. The standard InChI is InChI=1S/C36H50O3/c1-7-9-24-33(28-18-13-11-14-19-28)38-35(3,4)26-30-22-17-23-32(37)31(30)27-36(5,6)39-34(25-10-8-2)29-20-15-12-16-21-29/h11-23,33-34,37H,7-10,24-27H2,1-6H3. The quantitative estimate of drug-likeness (QED) is 0.200. The highest BCUT2D eigenvalue weighted by atomic mass is 16.5. The highest BCUT2D eigenvalue weighted by molar-refractivity contribution is 5.41. The van der Waals surface area contributed by atoms with Crippen molar-refractivity contribution in [2.45, 2.75) is 116 Å². The van der Waals surface area contributed by atoms with E-state index in [1.165, 1.54) is 11.1 Å². The van der Waals surface area contributed by atoms with Crippen molar-refractivity contribution in [1.29, 1.82) is 0 Å². The Balaban J connectivity index is 1.80. The summed E-state index contributed by atoms with van der Waals surface area (Å²) in [5.74, 6) is 0.329. The summed E-state index contributed by atoms with van der Waals surface area (Å²) >= 11 is 0. The van der Waals surface area contributed by atoms with Crippen LogP contribution in [-0.4, -0.2) is 16.3 Å². The molecule has 0 spiro atoms. The number of hydrogen-bond donors (Lipinski definition) is 1. The zero-order chi connectivity index (χ0) is 28.3. The number of rotatable bonds is 16. The summed E-state index contributed by atoms with van der Waals surface area (Å²) in [4.78, 5) is 0. The molecule has 1 N–H and O–H groups in total. The first-order chi connectivity index (χ1) is 18.6. The lowest BCUT2D eigenvalue weighted by Crippen LogP contribution is -2.32. The van der Waals surface area contributed by atoms with E-state index in [1.807, 2.05) is 12.1 Å². The molecular weight excluding hydrogens is 480 g/mol. The minimum absolute atomic E-state index is 0.0282. The molecule has 3 nitrogen and oxygen atoms in total. The Kier molecular flexibility index (Phi) is 11.6. The van der Waals surface area contributed by atoms with Gasteiger partial charge in [-0.05, 0) is 68.9 Å². The fourth-order valence-corrected chi connectivity index (χ4v) is 5.43. The van der Waals surface area contributed by atoms with Crippen LogP contribution < -0.4 is 0 Å². The number of hydrogen-bond acceptors (Lipinski definition) is 3. The smallest absolute Gasteiger partial charge is 0.119 e. The number of benzene rings is 3. The van der Waals surface area contributed by atoms with Gasteiger partial charge >= 0.3 is 0 Å². The Morgan fingerprint density at radius 1 is 0.615 bits per heavy atom. The molecule has 3 aromatic carbocycles. The van der Waals surface area contributed by atoms with E-state index >= 15 is 0 Å². The van der Waals surface area contributed by atoms with Gasteiger partial charge in [-0.3, -0.25) is 0 Å². The summed E-state index contributed by atoms with van der Waals surface area (Å²) in [5, 5.41) is 11.0. The lowest BCUT2D eigenvalue weighted by molar-refractivity contribution is -0.0805. The number of phenols is 1. The third-order valence-electron chi connectivity index (χ3n) is 7.37. The molecule has 0 aliphatic rings. The Hall–Kier alpha value is -2.62. The molecule has 212 valence electrons. The second-order valence-corrected chi connectivity index (χ2v) is 12.1. The first-order valence-electron chi connectivity index (χ1n) is 14.9. The zero-order valence-electron chi connectivity index (χ0n) is 25.1. The summed E-state index contributed by atoms with van der Waals surface area (Å²) in [6.45, 7) is 13.1. The van der Waals surface area contributed by atoms with E-state index in [2.05, 4.69) is 102 Å². The zero-order valence-corrected chi connectivity index (χ0v) is 25.1. The SMILES string of the molecule is CCCCC(OC(C)(C)Cc1cccc(O)c1CC(C)(C)OC(CCCC)c1ccccc1)c1ccccc1. The van der Waals surface area contributed by atoms with Crippen molar-refractivity contribution in [3.05, 3.63) is 101 Å². The predicted molar refractivity (Wildman–Crippen MR) is 163 cm³/mol. The Labute approximate surface area is 237 Å². The summed E-state index contributed by atoms with van der Waals surface area (Å²) in [7, 11) is 0. The normalized spacial score (nSPS) is 13.8. The van der Waals surface area contributed by atoms with Gasteiger partial charge in [-0.15, -0.1) is 0 Å². The molecular formula is C36H50O3. The predicted octanol–water partition coefficient (Wildman–Crippen LogP) is 9.93. The second-order valence-electron chi connectivity index (χ2n) is 12.1. The summed E-state index contributed by atoms with van der Waals surface area (Å²) < 4.78 is 13.6. The van der Waals surface area contributed by atoms with Gasteiger partial charge in [0, 0.05) is 12.8 Å². The topological polar surface area (TPSA) is 38.7 Å². The maximum absolute atomic E-state index is 11.0. The molecule has 0 radical (unpaired) electrons. The molecule has 0 saturated carbocycles. The molecule has 0 saturated heterocycles. The lowest BCUT2D eigenvalue weighted by atomic mass is 9.88. The lowest BCUT2D eigenvalue weighted by Gasteiger charge is -2.34. The van der Waals surface area contributed by atoms with E-state index in [0.717, 1.165) is 49.7 Å². The Morgan fingerprint density at radius 2 is 1.08 bits per heavy atom. The molecule has 3 heteroatoms. The van der Waals surface area contributed by atoms with Gasteiger partial charge in [0.15, 0.2) is 0 Å². The van der Waals surface area contributed by atoms with Gasteiger partial charge in [0.25, 0.3) is 0 Å². The van der Waals surface area contributed by atoms with Crippen molar-refractivity contribution in [3.8, 4) is 5.75 Å². The number of aromatic hydroxyl groups is 1. The van der Waals surface area contributed by atoms with Crippen LogP contribution in [0.25, 0.3) is 0 Å². The molecule has 0 fully saturated rings. The monoisotopic (exact) mass is 530 g/mol. The Morgan fingerprint density at radius 3 is 1.54 bits per heavy atom. The van der Waals surface area contributed by atoms with Crippen LogP contribution in [0.15, 0.2) is 78.9 Å². The third-order valence-corrected chi connectivity index (χ3v) is 7.37. The molecule has 3 aromatic rings. The molecule has 0 aliphatic heterocycles. The van der Waals surface area contributed by atoms with Crippen molar-refractivity contribution < 1.29 is 14.6 Å². The van der Waals surface area contributed by atoms with E-state index < -0.39 is 11.2 Å². The first kappa shape index (κ1) is 30.9. The van der Waals surface area contributed by atoms with E-state index in [0.29, 0.717) is 18.6 Å². The summed E-state index contributed by atoms with van der Waals surface area (Å²) in [6, 6.07) is 26.9. The van der Waals surface area contributed by atoms with Crippen LogP contribution in [0.3, 0.4) is 0 Å². The van der Waals surface area contributed by atoms with Crippen molar-refractivity contribution in [2.75, 3.05) is 0 Å². The average Bonchev–Trinajstić information content (AvgIpc) is 2.91. The first-order valence-corrected chi connectivity index (χ1v) is 14.9. The molecule has 2 atom stereocenters. The van der Waals surface area contributed by atoms with E-state index in [-0.39, 0.29) is 12.2 Å². The summed E-state index contributed by atoms with van der Waals surface area (Å²) in [6.07, 6.45) is 7.90. The van der Waals surface area contributed by atoms with Crippen LogP contribution in [0.5, 0.6) is 5.75 Å². The fourth-order valence-electron chi connectivity index (χ4n) is 5.43. The minimum Gasteiger partial charge on any atom is -0.508 e. The molecule has 3 rings (SSSR count). The van der Waals surface area contributed by atoms with Crippen molar-refractivity contribution in [1.82, 2.24) is 0 Å². The van der Waals surface area contributed by atoms with Crippen LogP contribution in [0, 0.1) is 0 Å². The second kappa shape index (κ2) is 14.7. The maximum Gasteiger partial charge on any atom is 0.119 e. The number of ether oxygens (including phenoxy) is 2. The summed E-state index contributed by atoms with van der Waals surface area (Å²) in [5.41, 5.74) is 3.64. The largest absolute Gasteiger partial charge is 0.508 e. The van der Waals surface area contributed by atoms with Crippen LogP contribution in [-0.2, 0) is 22.3 Å². The molecule has 39 heavy (non-hydrogen) atoms. The van der Waals surface area contributed by atoms with Gasteiger partial charge in [0.2, 0.25) is 0 Å². The van der Waals surface area contributed by atoms with Gasteiger partial charge in [-0.1, -0.05) is 112 Å². The molecule has 0 heterocycles. The van der Waals surface area contributed by atoms with Gasteiger partial charge in [0.05, 0.1) is 23.4 Å². The van der Waals surface area contributed by atoms with Gasteiger partial charge in [-0.25, -0.2) is 0 Å². The van der Waals surface area contributed by atoms with E-state index in [4.69, 9.17) is 9.47 Å². The molecule has 2 unspecified atom stereocenters. The van der Waals surface area contributed by atoms with Crippen molar-refractivity contribution in [3.63, 3.8) is 0 Å². The molecule has 0 bridgehead atoms. The third kappa shape index (κ3) is 9.81. The number of unbranched alkanes of at least 4 members (excludes halogenated alkanes) is 2. The van der Waals surface area contributed by atoms with Gasteiger partial charge in [0.1, 0.15) is 5.75 Å². The molecule has 0 aromatic heterocycles. The molecule has 0 amide bonds. The highest BCUT2D eigenvalue weighted by Crippen LogP contribution is 2.36. The Bertz CT molecular complexity index is 1100.